The smallest absolute Gasteiger partial charge is 0.350 e. The lowest BCUT2D eigenvalue weighted by atomic mass is 9.95. The molecule has 2 rings (SSSR count). The molecule has 20 heavy (non-hydrogen) atoms. The van der Waals surface area contributed by atoms with Crippen LogP contribution >= 0.6 is 0 Å². The number of nitrogens with zero attached hydrogens (tertiary/aromatic N) is 2. The summed E-state index contributed by atoms with van der Waals surface area (Å²) < 4.78 is 0. The Morgan fingerprint density at radius 1 is 1.45 bits per heavy atom. The molecule has 1 aliphatic carbocycles. The highest BCUT2D eigenvalue weighted by molar-refractivity contribution is 6.21. The molecule has 104 valence electrons. The van der Waals surface area contributed by atoms with Crippen molar-refractivity contribution in [1.82, 2.24) is 10.2 Å². The molecule has 0 radical (unpaired) electrons. The minimum atomic E-state index is -0.613. The summed E-state index contributed by atoms with van der Waals surface area (Å²) in [7, 11) is 0. The maximum Gasteiger partial charge on any atom is 0.350 e. The summed E-state index contributed by atoms with van der Waals surface area (Å²) in [6.07, 6.45) is 8.43. The van der Waals surface area contributed by atoms with Crippen LogP contribution in [0.3, 0.4) is 0 Å². The molecule has 1 atom stereocenters. The molecule has 1 aliphatic heterocycles. The molecular weight excluding hydrogens is 258 g/mol. The highest BCUT2D eigenvalue weighted by Crippen LogP contribution is 2.19. The molecule has 6 nitrogen and oxygen atoms in total. The van der Waals surface area contributed by atoms with E-state index >= 15 is 0 Å². The van der Waals surface area contributed by atoms with Crippen LogP contribution in [0.4, 0.5) is 4.79 Å². The van der Waals surface area contributed by atoms with E-state index in [0.29, 0.717) is 12.3 Å². The number of aliphatic imine (C=N–C) groups is 1. The number of amides is 4. The second-order valence-electron chi connectivity index (χ2n) is 4.37. The number of fused-ring (bicyclic) bond motifs is 1. The topological polar surface area (TPSA) is 78.8 Å². The average Bonchev–Trinajstić information content (AvgIpc) is 2.45. The molecule has 1 unspecified atom stereocenters. The van der Waals surface area contributed by atoms with E-state index in [1.54, 1.807) is 30.4 Å². The summed E-state index contributed by atoms with van der Waals surface area (Å²) >= 11 is 0. The number of urea groups is 1. The molecule has 0 fully saturated rings. The Balaban J connectivity index is 2.00. The van der Waals surface area contributed by atoms with Crippen molar-refractivity contribution in [3.8, 4) is 0 Å². The first-order valence-electron chi connectivity index (χ1n) is 6.30. The summed E-state index contributed by atoms with van der Waals surface area (Å²) in [6, 6.07) is -0.613. The van der Waals surface area contributed by atoms with Gasteiger partial charge in [0.1, 0.15) is 0 Å². The number of hydrogen-bond donors (Lipinski definition) is 1. The molecule has 2 aliphatic rings. The molecule has 0 aromatic rings. The second-order valence-corrected chi connectivity index (χ2v) is 4.37. The van der Waals surface area contributed by atoms with Gasteiger partial charge in [-0.3, -0.25) is 14.5 Å². The van der Waals surface area contributed by atoms with E-state index in [1.165, 1.54) is 0 Å². The van der Waals surface area contributed by atoms with Gasteiger partial charge in [-0.2, -0.15) is 4.99 Å². The van der Waals surface area contributed by atoms with Crippen LogP contribution in [0.1, 0.15) is 6.42 Å². The van der Waals surface area contributed by atoms with Gasteiger partial charge in [-0.05, 0) is 6.08 Å². The third kappa shape index (κ3) is 2.90. The van der Waals surface area contributed by atoms with E-state index in [2.05, 4.69) is 16.9 Å². The number of carbonyl (C=O) groups excluding carboxylic acids is 3. The highest BCUT2D eigenvalue weighted by atomic mass is 16.2. The Hall–Kier alpha value is -2.50. The largest absolute Gasteiger partial charge is 0.353 e. The van der Waals surface area contributed by atoms with Gasteiger partial charge < -0.3 is 5.32 Å². The van der Waals surface area contributed by atoms with Crippen LogP contribution in [0.15, 0.2) is 42.0 Å². The molecule has 0 spiro atoms. The summed E-state index contributed by atoms with van der Waals surface area (Å²) in [6.45, 7) is 3.88. The molecule has 0 saturated carbocycles. The molecule has 1 heterocycles. The second kappa shape index (κ2) is 6.10. The number of allylic oxidation sites excluding steroid dienone is 3. The van der Waals surface area contributed by atoms with Crippen LogP contribution in [0, 0.1) is 5.92 Å². The number of rotatable bonds is 5. The molecule has 1 N–H and O–H groups in total. The zero-order valence-electron chi connectivity index (χ0n) is 10.9. The zero-order chi connectivity index (χ0) is 14.5. The average molecular weight is 273 g/mol. The van der Waals surface area contributed by atoms with Crippen molar-refractivity contribution in [2.45, 2.75) is 6.42 Å². The maximum atomic E-state index is 12.2. The zero-order valence-corrected chi connectivity index (χ0v) is 10.9. The van der Waals surface area contributed by atoms with Gasteiger partial charge in [-0.25, -0.2) is 4.79 Å². The quantitative estimate of drug-likeness (QED) is 0.753. The third-order valence-electron chi connectivity index (χ3n) is 2.99. The summed E-state index contributed by atoms with van der Waals surface area (Å²) in [5.74, 6) is -1.09. The van der Waals surface area contributed by atoms with E-state index in [4.69, 9.17) is 0 Å². The third-order valence-corrected chi connectivity index (χ3v) is 2.99. The monoisotopic (exact) mass is 273 g/mol. The predicted molar refractivity (Wildman–Crippen MR) is 74.1 cm³/mol. The molecule has 0 saturated heterocycles. The Bertz CT molecular complexity index is 546. The molecule has 0 bridgehead atoms. The normalized spacial score (nSPS) is 20.5. The van der Waals surface area contributed by atoms with Gasteiger partial charge in [0, 0.05) is 19.5 Å². The number of nitrogens with one attached hydrogen (secondary N) is 1. The number of carbonyl (C=O) groups is 3. The maximum absolute atomic E-state index is 12.2. The Morgan fingerprint density at radius 2 is 2.25 bits per heavy atom. The van der Waals surface area contributed by atoms with Gasteiger partial charge >= 0.3 is 6.03 Å². The van der Waals surface area contributed by atoms with Crippen molar-refractivity contribution in [1.29, 1.82) is 0 Å². The fourth-order valence-electron chi connectivity index (χ4n) is 1.97. The minimum absolute atomic E-state index is 0.0332. The van der Waals surface area contributed by atoms with Crippen LogP contribution < -0.4 is 5.32 Å². The van der Waals surface area contributed by atoms with Gasteiger partial charge in [0.15, 0.2) is 0 Å². The first kappa shape index (κ1) is 13.9. The van der Waals surface area contributed by atoms with Crippen molar-refractivity contribution in [2.75, 3.05) is 13.1 Å². The Kier molecular flexibility index (Phi) is 4.24. The fraction of sp³-hybridized carbons (Fsp3) is 0.286. The van der Waals surface area contributed by atoms with Crippen molar-refractivity contribution >= 4 is 23.6 Å². The van der Waals surface area contributed by atoms with Gasteiger partial charge in [-0.1, -0.05) is 24.3 Å². The van der Waals surface area contributed by atoms with Crippen molar-refractivity contribution < 1.29 is 14.4 Å². The van der Waals surface area contributed by atoms with E-state index in [0.717, 1.165) is 4.90 Å². The molecular formula is C14H15N3O3. The van der Waals surface area contributed by atoms with E-state index in [-0.39, 0.29) is 24.8 Å². The Morgan fingerprint density at radius 3 is 3.00 bits per heavy atom. The summed E-state index contributed by atoms with van der Waals surface area (Å²) in [5, 5.41) is 2.59. The van der Waals surface area contributed by atoms with Crippen LogP contribution in [0.25, 0.3) is 0 Å². The SMILES string of the molecule is C=CCNC(=O)CCN1C(=O)N=C2C=CC=CC2C1=O. The Labute approximate surface area is 116 Å². The van der Waals surface area contributed by atoms with Gasteiger partial charge in [0.05, 0.1) is 11.6 Å². The number of imide groups is 1. The molecule has 6 heteroatoms. The lowest BCUT2D eigenvalue weighted by Crippen LogP contribution is -2.47. The first-order chi connectivity index (χ1) is 9.63. The van der Waals surface area contributed by atoms with Gasteiger partial charge in [-0.15, -0.1) is 6.58 Å². The molecule has 0 aromatic carbocycles. The molecule has 0 aromatic heterocycles. The van der Waals surface area contributed by atoms with Crippen molar-refractivity contribution in [3.63, 3.8) is 0 Å². The van der Waals surface area contributed by atoms with Crippen LogP contribution in [-0.2, 0) is 9.59 Å². The number of hydrogen-bond acceptors (Lipinski definition) is 3. The van der Waals surface area contributed by atoms with Gasteiger partial charge in [0.25, 0.3) is 0 Å². The summed E-state index contributed by atoms with van der Waals surface area (Å²) in [5.41, 5.74) is 0.454. The minimum Gasteiger partial charge on any atom is -0.353 e. The fourth-order valence-corrected chi connectivity index (χ4v) is 1.97. The molecule has 4 amide bonds. The van der Waals surface area contributed by atoms with Crippen LogP contribution in [0.2, 0.25) is 0 Å². The standard InChI is InChI=1S/C14H15N3O3/c1-2-8-15-12(18)7-9-17-13(19)10-5-3-4-6-11(10)16-14(17)20/h2-6,10H,1,7-9H2,(H,15,18). The summed E-state index contributed by atoms with van der Waals surface area (Å²) in [4.78, 5) is 40.3. The van der Waals surface area contributed by atoms with E-state index in [1.807, 2.05) is 0 Å². The predicted octanol–water partition coefficient (Wildman–Crippen LogP) is 0.824. The van der Waals surface area contributed by atoms with Crippen molar-refractivity contribution in [2.24, 2.45) is 10.9 Å². The van der Waals surface area contributed by atoms with Crippen LogP contribution in [-0.4, -0.2) is 41.5 Å². The van der Waals surface area contributed by atoms with E-state index < -0.39 is 11.9 Å². The van der Waals surface area contributed by atoms with Crippen LogP contribution in [0.5, 0.6) is 0 Å². The highest BCUT2D eigenvalue weighted by Gasteiger charge is 2.35. The van der Waals surface area contributed by atoms with Crippen molar-refractivity contribution in [3.05, 3.63) is 37.0 Å². The van der Waals surface area contributed by atoms with Gasteiger partial charge in [0.2, 0.25) is 11.8 Å². The lowest BCUT2D eigenvalue weighted by molar-refractivity contribution is -0.130. The van der Waals surface area contributed by atoms with E-state index in [9.17, 15) is 14.4 Å². The first-order valence-corrected chi connectivity index (χ1v) is 6.30. The lowest BCUT2D eigenvalue weighted by Gasteiger charge is -2.27.